The molecule has 4 atom stereocenters. The molecule has 388 valence electrons. The molecule has 0 aliphatic carbocycles. The van der Waals surface area contributed by atoms with E-state index in [4.69, 9.17) is 26.1 Å². The Morgan fingerprint density at radius 1 is 0.917 bits per heavy atom. The molecule has 0 spiro atoms. The third-order valence-electron chi connectivity index (χ3n) is 12.4. The van der Waals surface area contributed by atoms with Crippen LogP contribution in [0.1, 0.15) is 111 Å². The fourth-order valence-electron chi connectivity index (χ4n) is 8.48. The Labute approximate surface area is 429 Å². The van der Waals surface area contributed by atoms with Gasteiger partial charge in [0, 0.05) is 61.9 Å². The van der Waals surface area contributed by atoms with Gasteiger partial charge in [-0.15, -0.1) is 0 Å². The van der Waals surface area contributed by atoms with Crippen molar-refractivity contribution in [3.05, 3.63) is 94.3 Å². The van der Waals surface area contributed by atoms with Crippen molar-refractivity contribution >= 4 is 52.9 Å². The molecule has 0 saturated carbocycles. The lowest BCUT2D eigenvalue weighted by Crippen LogP contribution is -2.46. The number of hydrogen-bond acceptors (Lipinski definition) is 14. The number of benzene rings is 3. The maximum atomic E-state index is 15.0. The van der Waals surface area contributed by atoms with Gasteiger partial charge in [-0.25, -0.2) is 19.8 Å². The fourth-order valence-corrected chi connectivity index (χ4v) is 8.91. The molecule has 1 aromatic heterocycles. The van der Waals surface area contributed by atoms with Crippen LogP contribution in [0, 0.1) is 37.0 Å². The molecule has 5 rings (SSSR count). The molecule has 4 aromatic rings. The van der Waals surface area contributed by atoms with Crippen LogP contribution < -0.4 is 36.1 Å². The first-order chi connectivity index (χ1) is 33.6. The van der Waals surface area contributed by atoms with Gasteiger partial charge in [0.25, 0.3) is 10.2 Å². The number of fused-ring (bicyclic) bond motifs is 5. The van der Waals surface area contributed by atoms with Gasteiger partial charge in [0.2, 0.25) is 11.8 Å². The van der Waals surface area contributed by atoms with Gasteiger partial charge in [0.1, 0.15) is 17.5 Å². The zero-order valence-corrected chi connectivity index (χ0v) is 44.0. The molecule has 1 aliphatic rings. The van der Waals surface area contributed by atoms with Crippen LogP contribution in [0.5, 0.6) is 11.5 Å². The average molecular weight is 1030 g/mol. The third kappa shape index (κ3) is 15.5. The first-order valence-corrected chi connectivity index (χ1v) is 25.3. The number of carbonyl (C=O) groups is 5. The quantitative estimate of drug-likeness (QED) is 0.0576. The van der Waals surface area contributed by atoms with Gasteiger partial charge in [0.05, 0.1) is 48.2 Å². The van der Waals surface area contributed by atoms with Crippen LogP contribution in [0.4, 0.5) is 0 Å². The molecule has 0 fully saturated rings. The molecule has 4 bridgehead atoms. The van der Waals surface area contributed by atoms with Crippen LogP contribution >= 0.6 is 13.5 Å². The summed E-state index contributed by atoms with van der Waals surface area (Å²) in [6.45, 7) is 11.7. The number of likely N-dealkylation sites (N-methyl/N-ethyl adjacent to an activating group) is 1. The van der Waals surface area contributed by atoms with E-state index in [-0.39, 0.29) is 62.7 Å². The Morgan fingerprint density at radius 3 is 2.06 bits per heavy atom. The monoisotopic (exact) mass is 1030 g/mol. The van der Waals surface area contributed by atoms with Crippen molar-refractivity contribution in [3.63, 3.8) is 0 Å². The molecular weight excluding hydrogens is 959 g/mol. The van der Waals surface area contributed by atoms with Crippen LogP contribution in [0.2, 0.25) is 0 Å². The molecular formula is C52H69N9O9S2. The molecule has 20 heteroatoms. The van der Waals surface area contributed by atoms with E-state index in [1.807, 2.05) is 30.3 Å². The highest BCUT2D eigenvalue weighted by Gasteiger charge is 2.37. The highest BCUT2D eigenvalue weighted by Crippen LogP contribution is 2.41. The number of aryl methyl sites for hydroxylation is 2. The second-order valence-corrected chi connectivity index (χ2v) is 20.4. The summed E-state index contributed by atoms with van der Waals surface area (Å²) in [5.74, 6) is -4.13. The SMILES string of the molecule is Cc1nc(-c2ccc(C(C)(C)C)cc2)nc(C)c1C(=O)C[C@@H](CNS(N)(=O)=O)C(=O)N(C)[C@@H]1C(=O)C[C@@H](C)C(=O)N[C@H](C(=O)CCC#N)Cc2ccc(OCCCN)c(c2)-c2cc1ccc2OCCCN.S. The maximum Gasteiger partial charge on any atom is 0.274 e. The second kappa shape index (κ2) is 26.0. The number of hydrogen-bond donors (Lipinski definition) is 5. The average Bonchev–Trinajstić information content (AvgIpc) is 3.31. The number of rotatable bonds is 20. The predicted octanol–water partition coefficient (Wildman–Crippen LogP) is 4.98. The summed E-state index contributed by atoms with van der Waals surface area (Å²) >= 11 is 0. The lowest BCUT2D eigenvalue weighted by Gasteiger charge is -2.32. The van der Waals surface area contributed by atoms with Crippen LogP contribution in [0.25, 0.3) is 22.5 Å². The molecule has 0 radical (unpaired) electrons. The van der Waals surface area contributed by atoms with Crippen molar-refractivity contribution in [2.24, 2.45) is 28.4 Å². The molecule has 2 heterocycles. The molecule has 18 nitrogen and oxygen atoms in total. The van der Waals surface area contributed by atoms with Crippen LogP contribution in [0.15, 0.2) is 60.7 Å². The Morgan fingerprint density at radius 2 is 1.50 bits per heavy atom. The predicted molar refractivity (Wildman–Crippen MR) is 280 cm³/mol. The zero-order chi connectivity index (χ0) is 52.2. The number of nitrogens with zero attached hydrogens (tertiary/aromatic N) is 4. The number of Topliss-reactive ketones (excluding diaryl/α,β-unsaturated/α-hetero) is 3. The fraction of sp³-hybridized carbons (Fsp3) is 0.462. The van der Waals surface area contributed by atoms with Crippen molar-refractivity contribution in [1.29, 1.82) is 5.26 Å². The van der Waals surface area contributed by atoms with Crippen molar-refractivity contribution < 1.29 is 41.9 Å². The number of amides is 2. The van der Waals surface area contributed by atoms with Crippen molar-refractivity contribution in [1.82, 2.24) is 24.9 Å². The molecule has 8 N–H and O–H groups in total. The Hall–Kier alpha value is -6.08. The number of nitriles is 1. The Kier molecular flexibility index (Phi) is 21.2. The highest BCUT2D eigenvalue weighted by atomic mass is 32.2. The van der Waals surface area contributed by atoms with Gasteiger partial charge in [-0.05, 0) is 92.6 Å². The number of nitrogens with two attached hydrogens (primary N) is 3. The van der Waals surface area contributed by atoms with E-state index < -0.39 is 76.9 Å². The van der Waals surface area contributed by atoms with Gasteiger partial charge in [-0.2, -0.15) is 27.2 Å². The van der Waals surface area contributed by atoms with Crippen LogP contribution in [0.3, 0.4) is 0 Å². The number of ether oxygens (including phenoxy) is 2. The molecule has 3 aromatic carbocycles. The number of carbonyl (C=O) groups excluding carboxylic acids is 5. The summed E-state index contributed by atoms with van der Waals surface area (Å²) in [5.41, 5.74) is 16.2. The van der Waals surface area contributed by atoms with Crippen molar-refractivity contribution in [3.8, 4) is 40.1 Å². The minimum atomic E-state index is -4.39. The zero-order valence-electron chi connectivity index (χ0n) is 42.2. The van der Waals surface area contributed by atoms with E-state index in [2.05, 4.69) is 40.8 Å². The minimum absolute atomic E-state index is 0. The normalized spacial score (nSPS) is 16.5. The first-order valence-electron chi connectivity index (χ1n) is 23.8. The largest absolute Gasteiger partial charge is 0.493 e. The van der Waals surface area contributed by atoms with Gasteiger partial charge in [-0.3, -0.25) is 24.0 Å². The van der Waals surface area contributed by atoms with Gasteiger partial charge in [0.15, 0.2) is 23.2 Å². The number of aromatic nitrogens is 2. The van der Waals surface area contributed by atoms with E-state index in [0.29, 0.717) is 76.9 Å². The molecule has 0 unspecified atom stereocenters. The van der Waals surface area contributed by atoms with Gasteiger partial charge >= 0.3 is 0 Å². The lowest BCUT2D eigenvalue weighted by molar-refractivity contribution is -0.142. The first kappa shape index (κ1) is 58.5. The summed E-state index contributed by atoms with van der Waals surface area (Å²) in [4.78, 5) is 82.2. The number of ketones is 3. The molecule has 2 amide bonds. The summed E-state index contributed by atoms with van der Waals surface area (Å²) in [7, 11) is -3.02. The summed E-state index contributed by atoms with van der Waals surface area (Å²) < 4.78 is 39.4. The van der Waals surface area contributed by atoms with Crippen LogP contribution in [-0.4, -0.2) is 98.4 Å². The lowest BCUT2D eigenvalue weighted by atomic mass is 9.86. The second-order valence-electron chi connectivity index (χ2n) is 19.0. The minimum Gasteiger partial charge on any atom is -0.493 e. The summed E-state index contributed by atoms with van der Waals surface area (Å²) in [6.07, 6.45) is -0.0329. The number of nitrogens with one attached hydrogen (secondary N) is 2. The van der Waals surface area contributed by atoms with Crippen LogP contribution in [-0.2, 0) is 41.2 Å². The summed E-state index contributed by atoms with van der Waals surface area (Å²) in [5, 5.41) is 17.5. The van der Waals surface area contributed by atoms with E-state index in [1.54, 1.807) is 50.2 Å². The smallest absolute Gasteiger partial charge is 0.274 e. The standard InChI is InChI=1S/C52H67N9O9S.H2S/c1-31-25-44(64)48(61(7)51(66)37(30-57-71(56,67)68)29-43(63)47-32(2)58-49(59-33(47)3)35-13-16-38(17-14-35)52(4,5)6)36-15-19-46(70-24-10-22-55)40(28-36)39-26-34(12-18-45(39)69-23-9-21-54)27-41(60-50(31)65)42(62)11-8-20-53;/h12-19,26,28,31,37,41,48,57H,8-11,21-25,27,29-30,54-55H2,1-7H3,(H,60,65)(H2,56,67,68);1H2/t31-,37+,41+,48+;/m1./s1. The molecule has 0 saturated heterocycles. The van der Waals surface area contributed by atoms with Crippen molar-refractivity contribution in [2.75, 3.05) is 39.9 Å². The van der Waals surface area contributed by atoms with E-state index in [1.165, 1.54) is 14.0 Å². The Balaban J connectivity index is 0.0000112. The van der Waals surface area contributed by atoms with Gasteiger partial charge in [-0.1, -0.05) is 64.1 Å². The van der Waals surface area contributed by atoms with E-state index in [9.17, 15) is 37.7 Å². The third-order valence-corrected chi connectivity index (χ3v) is 12.9. The van der Waals surface area contributed by atoms with Crippen molar-refractivity contribution in [2.45, 2.75) is 104 Å². The van der Waals surface area contributed by atoms with Gasteiger partial charge < -0.3 is 31.2 Å². The van der Waals surface area contributed by atoms with E-state index >= 15 is 0 Å². The molecule has 1 aliphatic heterocycles. The topological polar surface area (TPSA) is 293 Å². The Bertz CT molecular complexity index is 2730. The van der Waals surface area contributed by atoms with E-state index in [0.717, 1.165) is 16.0 Å². The summed E-state index contributed by atoms with van der Waals surface area (Å²) in [6, 6.07) is 17.6. The highest BCUT2D eigenvalue weighted by molar-refractivity contribution is 7.87. The molecule has 72 heavy (non-hydrogen) atoms. The maximum absolute atomic E-state index is 15.0.